The molecule has 166 valence electrons. The summed E-state index contributed by atoms with van der Waals surface area (Å²) in [6.07, 6.45) is 3.80. The molecule has 4 rings (SSSR count). The van der Waals surface area contributed by atoms with Crippen LogP contribution in [0.2, 0.25) is 5.02 Å². The monoisotopic (exact) mass is 454 g/mol. The molecule has 0 radical (unpaired) electrons. The van der Waals surface area contributed by atoms with Crippen LogP contribution in [0.3, 0.4) is 0 Å². The summed E-state index contributed by atoms with van der Waals surface area (Å²) in [7, 11) is 0. The van der Waals surface area contributed by atoms with Crippen LogP contribution in [0.15, 0.2) is 48.7 Å². The average Bonchev–Trinajstić information content (AvgIpc) is 2.79. The molecule has 1 unspecified atom stereocenters. The van der Waals surface area contributed by atoms with E-state index in [2.05, 4.69) is 0 Å². The topological polar surface area (TPSA) is 87.0 Å². The molecule has 0 N–H and O–H groups in total. The van der Waals surface area contributed by atoms with Crippen LogP contribution in [0.1, 0.15) is 30.5 Å². The van der Waals surface area contributed by atoms with Gasteiger partial charge >= 0.3 is 0 Å². The highest BCUT2D eigenvalue weighted by Gasteiger charge is 2.31. The Morgan fingerprint density at radius 1 is 1.12 bits per heavy atom. The number of carbonyl (C=O) groups is 2. The molecule has 2 aliphatic rings. The molecule has 2 aliphatic heterocycles. The van der Waals surface area contributed by atoms with Crippen molar-refractivity contribution in [2.75, 3.05) is 31.1 Å². The Hall–Kier alpha value is -3.39. The Bertz CT molecular complexity index is 1100. The number of nitrogens with zero attached hydrogens (tertiary/aromatic N) is 4. The van der Waals surface area contributed by atoms with Crippen molar-refractivity contribution in [1.29, 1.82) is 0 Å². The summed E-state index contributed by atoms with van der Waals surface area (Å²) in [5.74, 6) is -0.162. The second-order valence-corrected chi connectivity index (χ2v) is 8.29. The summed E-state index contributed by atoms with van der Waals surface area (Å²) in [5.41, 5.74) is 2.41. The van der Waals surface area contributed by atoms with E-state index in [0.717, 1.165) is 11.1 Å². The van der Waals surface area contributed by atoms with Crippen LogP contribution in [0.25, 0.3) is 6.08 Å². The fraction of sp³-hybridized carbons (Fsp3) is 0.304. The van der Waals surface area contributed by atoms with Crippen molar-refractivity contribution >= 4 is 40.9 Å². The highest BCUT2D eigenvalue weighted by Crippen LogP contribution is 2.34. The zero-order valence-corrected chi connectivity index (χ0v) is 18.4. The number of fused-ring (bicyclic) bond motifs is 1. The molecule has 2 heterocycles. The molecule has 2 aromatic rings. The van der Waals surface area contributed by atoms with Crippen molar-refractivity contribution in [3.05, 3.63) is 74.9 Å². The van der Waals surface area contributed by atoms with Gasteiger partial charge in [-0.1, -0.05) is 35.9 Å². The van der Waals surface area contributed by atoms with Crippen LogP contribution in [-0.4, -0.2) is 52.7 Å². The van der Waals surface area contributed by atoms with E-state index in [1.165, 1.54) is 13.0 Å². The van der Waals surface area contributed by atoms with E-state index in [4.69, 9.17) is 11.6 Å². The van der Waals surface area contributed by atoms with Crippen molar-refractivity contribution in [3.63, 3.8) is 0 Å². The van der Waals surface area contributed by atoms with Gasteiger partial charge in [-0.05, 0) is 29.3 Å². The second kappa shape index (κ2) is 9.00. The number of halogens is 1. The zero-order valence-electron chi connectivity index (χ0n) is 17.6. The number of hydrogen-bond donors (Lipinski definition) is 0. The summed E-state index contributed by atoms with van der Waals surface area (Å²) in [6.45, 7) is 3.34. The standard InChI is InChI=1S/C23H23ClN4O4/c1-16(29)27-9-8-17-4-2-3-5-19(17)21(27)15-23(30)26-12-10-25(11-13-26)20-7-6-18(24)14-22(20)28(31)32/h2-9,14,21H,10-13,15H2,1H3. The lowest BCUT2D eigenvalue weighted by atomic mass is 9.93. The molecule has 1 saturated heterocycles. The molecule has 0 aromatic heterocycles. The van der Waals surface area contributed by atoms with E-state index in [1.54, 1.807) is 28.1 Å². The molecule has 1 fully saturated rings. The SMILES string of the molecule is CC(=O)N1C=Cc2ccccc2C1CC(=O)N1CCN(c2ccc(Cl)cc2[N+](=O)[O-])CC1. The molecule has 8 nitrogen and oxygen atoms in total. The first-order chi connectivity index (χ1) is 15.3. The third-order valence-corrected chi connectivity index (χ3v) is 6.18. The number of carbonyl (C=O) groups excluding carboxylic acids is 2. The molecule has 0 saturated carbocycles. The van der Waals surface area contributed by atoms with Gasteiger partial charge in [0.1, 0.15) is 5.69 Å². The van der Waals surface area contributed by atoms with Gasteiger partial charge in [0.25, 0.3) is 5.69 Å². The number of rotatable bonds is 4. The van der Waals surface area contributed by atoms with Gasteiger partial charge in [0.2, 0.25) is 11.8 Å². The first kappa shape index (κ1) is 21.8. The third kappa shape index (κ3) is 4.31. The fourth-order valence-electron chi connectivity index (χ4n) is 4.31. The molecule has 1 atom stereocenters. The van der Waals surface area contributed by atoms with Gasteiger partial charge in [-0.25, -0.2) is 0 Å². The smallest absolute Gasteiger partial charge is 0.294 e. The lowest BCUT2D eigenvalue weighted by Crippen LogP contribution is -2.49. The maximum absolute atomic E-state index is 13.1. The highest BCUT2D eigenvalue weighted by atomic mass is 35.5. The minimum atomic E-state index is -0.441. The second-order valence-electron chi connectivity index (χ2n) is 7.85. The van der Waals surface area contributed by atoms with Crippen molar-refractivity contribution in [2.24, 2.45) is 0 Å². The normalized spacial score (nSPS) is 17.8. The predicted molar refractivity (Wildman–Crippen MR) is 122 cm³/mol. The molecule has 0 aliphatic carbocycles. The van der Waals surface area contributed by atoms with Gasteiger partial charge in [0.15, 0.2) is 0 Å². The van der Waals surface area contributed by atoms with E-state index in [1.807, 2.05) is 35.2 Å². The Balaban J connectivity index is 1.46. The van der Waals surface area contributed by atoms with Crippen molar-refractivity contribution in [1.82, 2.24) is 9.80 Å². The van der Waals surface area contributed by atoms with Crippen LogP contribution in [0.5, 0.6) is 0 Å². The Morgan fingerprint density at radius 2 is 1.84 bits per heavy atom. The maximum atomic E-state index is 13.1. The number of nitro benzene ring substituents is 1. The third-order valence-electron chi connectivity index (χ3n) is 5.94. The zero-order chi connectivity index (χ0) is 22.8. The summed E-state index contributed by atoms with van der Waals surface area (Å²) in [5, 5.41) is 11.7. The first-order valence-electron chi connectivity index (χ1n) is 10.4. The van der Waals surface area contributed by atoms with Crippen LogP contribution in [0.4, 0.5) is 11.4 Å². The molecule has 0 spiro atoms. The van der Waals surface area contributed by atoms with Crippen molar-refractivity contribution < 1.29 is 14.5 Å². The van der Waals surface area contributed by atoms with Crippen LogP contribution in [-0.2, 0) is 9.59 Å². The summed E-state index contributed by atoms with van der Waals surface area (Å²) >= 11 is 5.92. The van der Waals surface area contributed by atoms with Crippen molar-refractivity contribution in [3.8, 4) is 0 Å². The number of anilines is 1. The maximum Gasteiger partial charge on any atom is 0.294 e. The molecular weight excluding hydrogens is 432 g/mol. The van der Waals surface area contributed by atoms with E-state index in [0.29, 0.717) is 36.9 Å². The Labute approximate surface area is 190 Å². The summed E-state index contributed by atoms with van der Waals surface area (Å²) in [4.78, 5) is 41.5. The fourth-order valence-corrected chi connectivity index (χ4v) is 4.48. The largest absolute Gasteiger partial charge is 0.362 e. The van der Waals surface area contributed by atoms with Gasteiger partial charge in [-0.15, -0.1) is 0 Å². The van der Waals surface area contributed by atoms with Gasteiger partial charge in [0.05, 0.1) is 17.4 Å². The highest BCUT2D eigenvalue weighted by molar-refractivity contribution is 6.30. The minimum absolute atomic E-state index is 0.0417. The molecule has 2 amide bonds. The molecule has 32 heavy (non-hydrogen) atoms. The number of amides is 2. The molecular formula is C23H23ClN4O4. The van der Waals surface area contributed by atoms with E-state index in [9.17, 15) is 19.7 Å². The first-order valence-corrected chi connectivity index (χ1v) is 10.8. The van der Waals surface area contributed by atoms with E-state index >= 15 is 0 Å². The van der Waals surface area contributed by atoms with Gasteiger partial charge in [-0.2, -0.15) is 0 Å². The summed E-state index contributed by atoms with van der Waals surface area (Å²) < 4.78 is 0. The molecule has 0 bridgehead atoms. The average molecular weight is 455 g/mol. The number of piperazine rings is 1. The van der Waals surface area contributed by atoms with Crippen molar-refractivity contribution in [2.45, 2.75) is 19.4 Å². The molecule has 2 aromatic carbocycles. The van der Waals surface area contributed by atoms with E-state index < -0.39 is 4.92 Å². The summed E-state index contributed by atoms with van der Waals surface area (Å²) in [6, 6.07) is 12.0. The molecule has 9 heteroatoms. The predicted octanol–water partition coefficient (Wildman–Crippen LogP) is 3.86. The lowest BCUT2D eigenvalue weighted by molar-refractivity contribution is -0.384. The quantitative estimate of drug-likeness (QED) is 0.517. The van der Waals surface area contributed by atoms with Crippen LogP contribution in [0, 0.1) is 10.1 Å². The lowest BCUT2D eigenvalue weighted by Gasteiger charge is -2.38. The van der Waals surface area contributed by atoms with E-state index in [-0.39, 0.29) is 30.0 Å². The number of benzene rings is 2. The minimum Gasteiger partial charge on any atom is -0.362 e. The van der Waals surface area contributed by atoms with Gasteiger partial charge < -0.3 is 14.7 Å². The van der Waals surface area contributed by atoms with Crippen LogP contribution >= 0.6 is 11.6 Å². The Morgan fingerprint density at radius 3 is 2.53 bits per heavy atom. The van der Waals surface area contributed by atoms with Crippen LogP contribution < -0.4 is 4.90 Å². The Kier molecular flexibility index (Phi) is 6.14. The van der Waals surface area contributed by atoms with Gasteiger partial charge in [-0.3, -0.25) is 19.7 Å². The number of nitro groups is 1. The van der Waals surface area contributed by atoms with Gasteiger partial charge in [0, 0.05) is 50.4 Å². The number of hydrogen-bond acceptors (Lipinski definition) is 5.